The average molecular weight is 235 g/mol. The number of hydrogen-bond donors (Lipinski definition) is 1. The number of benzene rings is 1. The number of unbranched alkanes of at least 4 members (excludes halogenated alkanes) is 3. The smallest absolute Gasteiger partial charge is 0.310 e. The molecule has 0 aliphatic carbocycles. The highest BCUT2D eigenvalue weighted by molar-refractivity contribution is 5.72. The molecule has 0 atom stereocenters. The van der Waals surface area contributed by atoms with Gasteiger partial charge in [-0.2, -0.15) is 0 Å². The van der Waals surface area contributed by atoms with E-state index in [1.165, 1.54) is 0 Å². The molecule has 1 rings (SSSR count). The van der Waals surface area contributed by atoms with Crippen molar-refractivity contribution in [3.8, 4) is 0 Å². The van der Waals surface area contributed by atoms with E-state index in [4.69, 9.17) is 10.5 Å². The van der Waals surface area contributed by atoms with Crippen molar-refractivity contribution >= 4 is 5.97 Å². The number of esters is 1. The fraction of sp³-hybridized carbons (Fsp3) is 0.500. The molecule has 0 heterocycles. The molecule has 0 bridgehead atoms. The van der Waals surface area contributed by atoms with Gasteiger partial charge in [0.15, 0.2) is 0 Å². The van der Waals surface area contributed by atoms with E-state index in [2.05, 4.69) is 0 Å². The summed E-state index contributed by atoms with van der Waals surface area (Å²) in [5.74, 6) is -0.143. The minimum atomic E-state index is -0.143. The number of ether oxygens (including phenoxy) is 1. The standard InChI is InChI=1S/C14H21NO2/c15-10-6-1-2-7-11-17-14(16)12-13-8-4-3-5-9-13/h3-5,8-9H,1-2,6-7,10-12,15H2. The summed E-state index contributed by atoms with van der Waals surface area (Å²) < 4.78 is 5.16. The molecule has 0 amide bonds. The number of hydrogen-bond acceptors (Lipinski definition) is 3. The minimum absolute atomic E-state index is 0.143. The van der Waals surface area contributed by atoms with Crippen LogP contribution in [0, 0.1) is 0 Å². The van der Waals surface area contributed by atoms with Crippen molar-refractivity contribution in [3.05, 3.63) is 35.9 Å². The largest absolute Gasteiger partial charge is 0.465 e. The van der Waals surface area contributed by atoms with Crippen LogP contribution in [0.2, 0.25) is 0 Å². The number of carbonyl (C=O) groups is 1. The van der Waals surface area contributed by atoms with Crippen LogP contribution in [0.4, 0.5) is 0 Å². The number of carbonyl (C=O) groups excluding carboxylic acids is 1. The van der Waals surface area contributed by atoms with E-state index in [0.717, 1.165) is 37.8 Å². The fourth-order valence-electron chi connectivity index (χ4n) is 1.60. The van der Waals surface area contributed by atoms with Crippen molar-refractivity contribution in [3.63, 3.8) is 0 Å². The molecule has 1 aromatic carbocycles. The first-order valence-electron chi connectivity index (χ1n) is 6.22. The van der Waals surface area contributed by atoms with Crippen LogP contribution >= 0.6 is 0 Å². The molecule has 3 nitrogen and oxygen atoms in total. The van der Waals surface area contributed by atoms with Gasteiger partial charge in [0.05, 0.1) is 13.0 Å². The van der Waals surface area contributed by atoms with E-state index in [1.807, 2.05) is 30.3 Å². The van der Waals surface area contributed by atoms with Crippen LogP contribution in [-0.4, -0.2) is 19.1 Å². The van der Waals surface area contributed by atoms with E-state index in [0.29, 0.717) is 13.0 Å². The predicted molar refractivity (Wildman–Crippen MR) is 68.6 cm³/mol. The third-order valence-electron chi connectivity index (χ3n) is 2.55. The molecule has 0 unspecified atom stereocenters. The molecule has 0 aromatic heterocycles. The van der Waals surface area contributed by atoms with Gasteiger partial charge >= 0.3 is 5.97 Å². The van der Waals surface area contributed by atoms with Gasteiger partial charge in [-0.1, -0.05) is 43.2 Å². The molecular weight excluding hydrogens is 214 g/mol. The highest BCUT2D eigenvalue weighted by Crippen LogP contribution is 2.03. The molecular formula is C14H21NO2. The lowest BCUT2D eigenvalue weighted by Gasteiger charge is -2.04. The second kappa shape index (κ2) is 8.76. The van der Waals surface area contributed by atoms with Crippen molar-refractivity contribution < 1.29 is 9.53 Å². The van der Waals surface area contributed by atoms with E-state index in [9.17, 15) is 4.79 Å². The summed E-state index contributed by atoms with van der Waals surface area (Å²) >= 11 is 0. The zero-order valence-electron chi connectivity index (χ0n) is 10.2. The summed E-state index contributed by atoms with van der Waals surface area (Å²) in [6, 6.07) is 9.65. The molecule has 0 saturated carbocycles. The Morgan fingerprint density at radius 2 is 1.76 bits per heavy atom. The third-order valence-corrected chi connectivity index (χ3v) is 2.55. The maximum atomic E-state index is 11.5. The molecule has 1 aromatic rings. The number of rotatable bonds is 8. The number of nitrogens with two attached hydrogens (primary N) is 1. The lowest BCUT2D eigenvalue weighted by molar-refractivity contribution is -0.142. The van der Waals surface area contributed by atoms with Gasteiger partial charge in [-0.15, -0.1) is 0 Å². The molecule has 94 valence electrons. The SMILES string of the molecule is NCCCCCCOC(=O)Cc1ccccc1. The Kier molecular flexibility index (Phi) is 7.07. The van der Waals surface area contributed by atoms with Crippen molar-refractivity contribution in [2.45, 2.75) is 32.1 Å². The lowest BCUT2D eigenvalue weighted by Crippen LogP contribution is -2.09. The van der Waals surface area contributed by atoms with Gasteiger partial charge in [0, 0.05) is 0 Å². The van der Waals surface area contributed by atoms with E-state index in [1.54, 1.807) is 0 Å². The van der Waals surface area contributed by atoms with Crippen LogP contribution in [0.1, 0.15) is 31.2 Å². The Labute approximate surface area is 103 Å². The Balaban J connectivity index is 2.06. The van der Waals surface area contributed by atoms with Crippen molar-refractivity contribution in [2.75, 3.05) is 13.2 Å². The molecule has 0 aliphatic heterocycles. The minimum Gasteiger partial charge on any atom is -0.465 e. The molecule has 0 radical (unpaired) electrons. The van der Waals surface area contributed by atoms with Crippen LogP contribution < -0.4 is 5.73 Å². The van der Waals surface area contributed by atoms with E-state index in [-0.39, 0.29) is 5.97 Å². The molecule has 2 N–H and O–H groups in total. The van der Waals surface area contributed by atoms with Gasteiger partial charge in [-0.05, 0) is 24.9 Å². The molecule has 3 heteroatoms. The summed E-state index contributed by atoms with van der Waals surface area (Å²) in [4.78, 5) is 11.5. The summed E-state index contributed by atoms with van der Waals surface area (Å²) in [6.45, 7) is 1.27. The normalized spacial score (nSPS) is 10.2. The first kappa shape index (κ1) is 13.7. The van der Waals surface area contributed by atoms with E-state index < -0.39 is 0 Å². The Hall–Kier alpha value is -1.35. The van der Waals surface area contributed by atoms with Crippen molar-refractivity contribution in [1.29, 1.82) is 0 Å². The third kappa shape index (κ3) is 6.74. The maximum absolute atomic E-state index is 11.5. The molecule has 0 saturated heterocycles. The van der Waals surface area contributed by atoms with Crippen LogP contribution in [0.5, 0.6) is 0 Å². The molecule has 0 fully saturated rings. The van der Waals surface area contributed by atoms with Gasteiger partial charge in [0.1, 0.15) is 0 Å². The topological polar surface area (TPSA) is 52.3 Å². The fourth-order valence-corrected chi connectivity index (χ4v) is 1.60. The molecule has 0 spiro atoms. The molecule has 17 heavy (non-hydrogen) atoms. The van der Waals surface area contributed by atoms with Crippen LogP contribution in [0.3, 0.4) is 0 Å². The van der Waals surface area contributed by atoms with Gasteiger partial charge in [-0.25, -0.2) is 0 Å². The van der Waals surface area contributed by atoms with Crippen LogP contribution in [0.25, 0.3) is 0 Å². The monoisotopic (exact) mass is 235 g/mol. The molecule has 0 aliphatic rings. The summed E-state index contributed by atoms with van der Waals surface area (Å²) in [7, 11) is 0. The zero-order chi connectivity index (χ0) is 12.3. The van der Waals surface area contributed by atoms with Crippen molar-refractivity contribution in [1.82, 2.24) is 0 Å². The highest BCUT2D eigenvalue weighted by atomic mass is 16.5. The van der Waals surface area contributed by atoms with Gasteiger partial charge in [0.25, 0.3) is 0 Å². The van der Waals surface area contributed by atoms with Gasteiger partial charge < -0.3 is 10.5 Å². The Morgan fingerprint density at radius 3 is 2.47 bits per heavy atom. The highest BCUT2D eigenvalue weighted by Gasteiger charge is 2.03. The van der Waals surface area contributed by atoms with Crippen molar-refractivity contribution in [2.24, 2.45) is 5.73 Å². The quantitative estimate of drug-likeness (QED) is 0.555. The van der Waals surface area contributed by atoms with Gasteiger partial charge in [-0.3, -0.25) is 4.79 Å². The first-order valence-corrected chi connectivity index (χ1v) is 6.22. The second-order valence-corrected chi connectivity index (χ2v) is 4.09. The summed E-state index contributed by atoms with van der Waals surface area (Å²) in [6.07, 6.45) is 4.55. The van der Waals surface area contributed by atoms with E-state index >= 15 is 0 Å². The van der Waals surface area contributed by atoms with Gasteiger partial charge in [0.2, 0.25) is 0 Å². The van der Waals surface area contributed by atoms with Crippen LogP contribution in [-0.2, 0) is 16.0 Å². The lowest BCUT2D eigenvalue weighted by atomic mass is 10.1. The summed E-state index contributed by atoms with van der Waals surface area (Å²) in [5, 5.41) is 0. The predicted octanol–water partition coefficient (Wildman–Crippen LogP) is 2.29. The summed E-state index contributed by atoms with van der Waals surface area (Å²) in [5.41, 5.74) is 6.39. The maximum Gasteiger partial charge on any atom is 0.310 e. The van der Waals surface area contributed by atoms with Crippen LogP contribution in [0.15, 0.2) is 30.3 Å². The second-order valence-electron chi connectivity index (χ2n) is 4.09. The zero-order valence-corrected chi connectivity index (χ0v) is 10.2. The first-order chi connectivity index (χ1) is 8.33. The Bertz CT molecular complexity index is 311. The average Bonchev–Trinajstić information content (AvgIpc) is 2.35. The Morgan fingerprint density at radius 1 is 1.06 bits per heavy atom.